The maximum Gasteiger partial charge on any atom is 0.161 e. The number of morpholine rings is 1. The molecule has 32 heavy (non-hydrogen) atoms. The highest BCUT2D eigenvalue weighted by atomic mass is 32.2. The van der Waals surface area contributed by atoms with Gasteiger partial charge in [-0.2, -0.15) is 0 Å². The summed E-state index contributed by atoms with van der Waals surface area (Å²) in [7, 11) is -3.52. The number of ether oxygens (including phenoxy) is 1. The molecule has 2 aliphatic rings. The number of hydrogen-bond acceptors (Lipinski definition) is 8. The van der Waals surface area contributed by atoms with Gasteiger partial charge in [0.2, 0.25) is 0 Å². The van der Waals surface area contributed by atoms with Gasteiger partial charge in [-0.3, -0.25) is 0 Å². The van der Waals surface area contributed by atoms with E-state index in [1.165, 1.54) is 0 Å². The minimum Gasteiger partial charge on any atom is -0.399 e. The molecule has 0 radical (unpaired) electrons. The van der Waals surface area contributed by atoms with Gasteiger partial charge >= 0.3 is 0 Å². The number of sulfone groups is 1. The van der Waals surface area contributed by atoms with Gasteiger partial charge in [0.1, 0.15) is 10.6 Å². The first-order valence-corrected chi connectivity index (χ1v) is 12.9. The lowest BCUT2D eigenvalue weighted by Crippen LogP contribution is -2.44. The molecule has 0 amide bonds. The molecule has 1 aromatic heterocycles. The first-order chi connectivity index (χ1) is 15.4. The molecule has 0 bridgehead atoms. The van der Waals surface area contributed by atoms with Crippen molar-refractivity contribution < 1.29 is 18.3 Å². The minimum absolute atomic E-state index is 0.0476. The van der Waals surface area contributed by atoms with Crippen molar-refractivity contribution in [2.24, 2.45) is 0 Å². The predicted octanol–water partition coefficient (Wildman–Crippen LogP) is 2.52. The quantitative estimate of drug-likeness (QED) is 0.605. The Bertz CT molecular complexity index is 1040. The topological polar surface area (TPSA) is 119 Å². The van der Waals surface area contributed by atoms with E-state index in [0.29, 0.717) is 49.8 Å². The highest BCUT2D eigenvalue weighted by Gasteiger charge is 2.48. The summed E-state index contributed by atoms with van der Waals surface area (Å²) in [4.78, 5) is 11.8. The maximum atomic E-state index is 13.5. The van der Waals surface area contributed by atoms with Crippen LogP contribution in [-0.4, -0.2) is 61.7 Å². The lowest BCUT2D eigenvalue weighted by molar-refractivity contribution is 0.0985. The van der Waals surface area contributed by atoms with Gasteiger partial charge in [0, 0.05) is 30.5 Å². The Kier molecular flexibility index (Phi) is 6.69. The number of hydrogen-bond donors (Lipinski definition) is 2. The van der Waals surface area contributed by atoms with Gasteiger partial charge in [0.15, 0.2) is 15.7 Å². The third-order valence-corrected chi connectivity index (χ3v) is 9.22. The predicted molar refractivity (Wildman–Crippen MR) is 125 cm³/mol. The zero-order valence-electron chi connectivity index (χ0n) is 18.5. The molecule has 1 atom stereocenters. The van der Waals surface area contributed by atoms with Crippen LogP contribution in [0.25, 0.3) is 11.4 Å². The molecule has 1 aromatic carbocycles. The molecule has 4 rings (SSSR count). The molecule has 1 aliphatic heterocycles. The first kappa shape index (κ1) is 22.9. The van der Waals surface area contributed by atoms with Crippen LogP contribution in [0.15, 0.2) is 30.3 Å². The van der Waals surface area contributed by atoms with Crippen LogP contribution in [0.3, 0.4) is 0 Å². The van der Waals surface area contributed by atoms with E-state index in [2.05, 4.69) is 11.8 Å². The largest absolute Gasteiger partial charge is 0.399 e. The highest BCUT2D eigenvalue weighted by Crippen LogP contribution is 2.46. The molecule has 8 nitrogen and oxygen atoms in total. The van der Waals surface area contributed by atoms with E-state index >= 15 is 0 Å². The number of nitrogens with zero attached hydrogens (tertiary/aromatic N) is 3. The van der Waals surface area contributed by atoms with Crippen LogP contribution in [0.2, 0.25) is 0 Å². The summed E-state index contributed by atoms with van der Waals surface area (Å²) in [5.74, 6) is 1.18. The molecular formula is C23H32N4O4S. The van der Waals surface area contributed by atoms with Crippen LogP contribution in [-0.2, 0) is 19.3 Å². The second-order valence-corrected chi connectivity index (χ2v) is 11.2. The fraction of sp³-hybridized carbons (Fsp3) is 0.565. The van der Waals surface area contributed by atoms with Crippen molar-refractivity contribution in [3.63, 3.8) is 0 Å². The molecule has 2 aromatic rings. The van der Waals surface area contributed by atoms with E-state index in [1.807, 2.05) is 18.2 Å². The molecule has 1 saturated carbocycles. The van der Waals surface area contributed by atoms with Gasteiger partial charge < -0.3 is 20.5 Å². The maximum absolute atomic E-state index is 13.5. The van der Waals surface area contributed by atoms with Crippen LogP contribution in [0.1, 0.15) is 44.7 Å². The Morgan fingerprint density at radius 3 is 2.59 bits per heavy atom. The van der Waals surface area contributed by atoms with E-state index in [0.717, 1.165) is 24.2 Å². The highest BCUT2D eigenvalue weighted by molar-refractivity contribution is 7.92. The standard InChI is InChI=1S/C23H32N4O4S/c1-17-16-31-13-11-27(17)21-15-20(25-22(26-21)18-5-7-19(24)8-6-18)23(9-2-3-10-23)32(29,30)14-4-12-28/h5-8,15,17,28H,2-4,9-14,16,24H2,1H3/t17-/m0/s1. The fourth-order valence-corrected chi connectivity index (χ4v) is 7.00. The van der Waals surface area contributed by atoms with Gasteiger partial charge in [0.05, 0.1) is 30.7 Å². The number of anilines is 2. The van der Waals surface area contributed by atoms with Crippen molar-refractivity contribution in [3.8, 4) is 11.4 Å². The molecule has 2 heterocycles. The Morgan fingerprint density at radius 1 is 1.22 bits per heavy atom. The van der Waals surface area contributed by atoms with Crippen molar-refractivity contribution in [3.05, 3.63) is 36.0 Å². The molecule has 0 spiro atoms. The smallest absolute Gasteiger partial charge is 0.161 e. The molecule has 1 aliphatic carbocycles. The summed E-state index contributed by atoms with van der Waals surface area (Å²) >= 11 is 0. The van der Waals surface area contributed by atoms with Crippen LogP contribution in [0, 0.1) is 0 Å². The number of aliphatic hydroxyl groups is 1. The van der Waals surface area contributed by atoms with Crippen LogP contribution >= 0.6 is 0 Å². The lowest BCUT2D eigenvalue weighted by Gasteiger charge is -2.36. The van der Waals surface area contributed by atoms with Crippen LogP contribution in [0.5, 0.6) is 0 Å². The summed E-state index contributed by atoms with van der Waals surface area (Å²) in [6.07, 6.45) is 2.98. The summed E-state index contributed by atoms with van der Waals surface area (Å²) in [5.41, 5.74) is 7.86. The molecule has 9 heteroatoms. The second-order valence-electron chi connectivity index (χ2n) is 8.77. The Morgan fingerprint density at radius 2 is 1.94 bits per heavy atom. The number of aliphatic hydroxyl groups excluding tert-OH is 1. The normalized spacial score (nSPS) is 21.1. The summed E-state index contributed by atoms with van der Waals surface area (Å²) in [6.45, 7) is 3.81. The van der Waals surface area contributed by atoms with Gasteiger partial charge in [-0.25, -0.2) is 18.4 Å². The van der Waals surface area contributed by atoms with Crippen molar-refractivity contribution in [2.75, 3.05) is 42.8 Å². The first-order valence-electron chi connectivity index (χ1n) is 11.3. The van der Waals surface area contributed by atoms with Gasteiger partial charge in [0.25, 0.3) is 0 Å². The molecule has 2 fully saturated rings. The van der Waals surface area contributed by atoms with Gasteiger partial charge in [-0.1, -0.05) is 12.8 Å². The number of benzene rings is 1. The zero-order valence-corrected chi connectivity index (χ0v) is 19.4. The summed E-state index contributed by atoms with van der Waals surface area (Å²) in [5, 5.41) is 9.27. The number of aromatic nitrogens is 2. The third-order valence-electron chi connectivity index (χ3n) is 6.59. The van der Waals surface area contributed by atoms with E-state index in [-0.39, 0.29) is 24.8 Å². The SMILES string of the molecule is C[C@H]1COCCN1c1cc(C2(S(=O)(=O)CCCO)CCCC2)nc(-c2ccc(N)cc2)n1. The fourth-order valence-electron chi connectivity index (χ4n) is 4.77. The molecule has 1 saturated heterocycles. The molecule has 3 N–H and O–H groups in total. The minimum atomic E-state index is -3.52. The molecular weight excluding hydrogens is 428 g/mol. The third kappa shape index (κ3) is 4.33. The summed E-state index contributed by atoms with van der Waals surface area (Å²) < 4.78 is 31.6. The van der Waals surface area contributed by atoms with Crippen molar-refractivity contribution in [1.82, 2.24) is 9.97 Å². The lowest BCUT2D eigenvalue weighted by atomic mass is 10.0. The average Bonchev–Trinajstić information content (AvgIpc) is 3.30. The molecule has 174 valence electrons. The van der Waals surface area contributed by atoms with Crippen molar-refractivity contribution in [1.29, 1.82) is 0 Å². The average molecular weight is 461 g/mol. The van der Waals surface area contributed by atoms with E-state index in [1.54, 1.807) is 12.1 Å². The zero-order chi connectivity index (χ0) is 22.8. The van der Waals surface area contributed by atoms with Crippen LogP contribution in [0.4, 0.5) is 11.5 Å². The van der Waals surface area contributed by atoms with Crippen molar-refractivity contribution >= 4 is 21.3 Å². The number of nitrogens with two attached hydrogens (primary N) is 1. The van der Waals surface area contributed by atoms with Crippen LogP contribution < -0.4 is 10.6 Å². The Balaban J connectivity index is 1.87. The Labute approximate surface area is 189 Å². The Hall–Kier alpha value is -2.23. The monoisotopic (exact) mass is 460 g/mol. The van der Waals surface area contributed by atoms with E-state index in [4.69, 9.17) is 20.4 Å². The number of rotatable bonds is 7. The summed E-state index contributed by atoms with van der Waals surface area (Å²) in [6, 6.07) is 9.31. The second kappa shape index (κ2) is 9.33. The van der Waals surface area contributed by atoms with E-state index < -0.39 is 14.6 Å². The molecule has 0 unspecified atom stereocenters. The van der Waals surface area contributed by atoms with Gasteiger partial charge in [-0.05, 0) is 50.5 Å². The van der Waals surface area contributed by atoms with Crippen molar-refractivity contribution in [2.45, 2.75) is 49.8 Å². The number of nitrogen functional groups attached to an aromatic ring is 1. The van der Waals surface area contributed by atoms with E-state index in [9.17, 15) is 13.5 Å². The van der Waals surface area contributed by atoms with Gasteiger partial charge in [-0.15, -0.1) is 0 Å².